The number of unbranched alkanes of at least 4 members (excludes halogenated alkanes) is 1. The summed E-state index contributed by atoms with van der Waals surface area (Å²) in [7, 11) is 0. The van der Waals surface area contributed by atoms with E-state index in [0.717, 1.165) is 6.42 Å². The van der Waals surface area contributed by atoms with Crippen molar-refractivity contribution in [1.29, 1.82) is 0 Å². The van der Waals surface area contributed by atoms with E-state index in [0.29, 0.717) is 18.4 Å². The van der Waals surface area contributed by atoms with Gasteiger partial charge in [-0.05, 0) is 25.2 Å². The first kappa shape index (κ1) is 19.7. The van der Waals surface area contributed by atoms with Crippen LogP contribution in [0.15, 0.2) is 11.6 Å². The highest BCUT2D eigenvalue weighted by atomic mass is 16.4. The molecular weight excluding hydrogens is 320 g/mol. The smallest absolute Gasteiger partial charge is 0.311 e. The first-order valence-electron chi connectivity index (χ1n) is 7.79. The van der Waals surface area contributed by atoms with Crippen molar-refractivity contribution >= 4 is 23.9 Å². The number of carbonyl (C=O) groups is 4. The maximum absolute atomic E-state index is 11.5. The van der Waals surface area contributed by atoms with Crippen LogP contribution in [0.2, 0.25) is 0 Å². The summed E-state index contributed by atoms with van der Waals surface area (Å²) < 4.78 is 0. The Balaban J connectivity index is 3.26. The lowest BCUT2D eigenvalue weighted by Gasteiger charge is -2.33. The van der Waals surface area contributed by atoms with Crippen molar-refractivity contribution < 1.29 is 39.6 Å². The van der Waals surface area contributed by atoms with Gasteiger partial charge in [0.1, 0.15) is 0 Å². The van der Waals surface area contributed by atoms with Gasteiger partial charge < -0.3 is 20.4 Å². The van der Waals surface area contributed by atoms with E-state index >= 15 is 0 Å². The van der Waals surface area contributed by atoms with Crippen LogP contribution in [-0.2, 0) is 19.2 Å². The molecule has 1 rings (SSSR count). The molecule has 0 saturated heterocycles. The minimum Gasteiger partial charge on any atom is -0.481 e. The van der Waals surface area contributed by atoms with Gasteiger partial charge in [-0.25, -0.2) is 0 Å². The van der Waals surface area contributed by atoms with Gasteiger partial charge in [0.2, 0.25) is 0 Å². The van der Waals surface area contributed by atoms with Gasteiger partial charge in [-0.3, -0.25) is 19.2 Å². The predicted octanol–water partition coefficient (Wildman–Crippen LogP) is 1.70. The van der Waals surface area contributed by atoms with Crippen LogP contribution in [-0.4, -0.2) is 44.3 Å². The van der Waals surface area contributed by atoms with Gasteiger partial charge in [0.15, 0.2) is 0 Å². The van der Waals surface area contributed by atoms with Crippen LogP contribution in [0.4, 0.5) is 0 Å². The third-order valence-electron chi connectivity index (χ3n) is 4.39. The SMILES string of the molecule is CCCCC1=CC(C(CC(=O)O)C(=O)O)CC(C(=O)O)C1C(=O)O. The number of hydrogen-bond acceptors (Lipinski definition) is 4. The van der Waals surface area contributed by atoms with E-state index in [1.807, 2.05) is 6.92 Å². The van der Waals surface area contributed by atoms with Gasteiger partial charge in [-0.2, -0.15) is 0 Å². The van der Waals surface area contributed by atoms with Crippen LogP contribution in [0.3, 0.4) is 0 Å². The molecule has 4 unspecified atom stereocenters. The second-order valence-corrected chi connectivity index (χ2v) is 6.05. The van der Waals surface area contributed by atoms with Crippen molar-refractivity contribution in [3.8, 4) is 0 Å². The number of carboxylic acids is 4. The number of rotatable bonds is 9. The molecular formula is C16H22O8. The Morgan fingerprint density at radius 2 is 1.75 bits per heavy atom. The number of aliphatic carboxylic acids is 4. The lowest BCUT2D eigenvalue weighted by molar-refractivity contribution is -0.155. The molecule has 8 heteroatoms. The number of carboxylic acid groups (broad SMARTS) is 4. The zero-order chi connectivity index (χ0) is 18.4. The Labute approximate surface area is 138 Å². The standard InChI is InChI=1S/C16H22O8/c1-2-3-4-8-5-9(10(14(19)20)7-12(17)18)6-11(15(21)22)13(8)16(23)24/h5,9-11,13H,2-4,6-7H2,1H3,(H,17,18)(H,19,20)(H,21,22)(H,23,24). The lowest BCUT2D eigenvalue weighted by atomic mass is 9.69. The van der Waals surface area contributed by atoms with Crippen LogP contribution in [0, 0.1) is 23.7 Å². The van der Waals surface area contributed by atoms with E-state index in [-0.39, 0.29) is 6.42 Å². The highest BCUT2D eigenvalue weighted by Gasteiger charge is 2.44. The lowest BCUT2D eigenvalue weighted by Crippen LogP contribution is -2.39. The molecule has 0 aromatic carbocycles. The summed E-state index contributed by atoms with van der Waals surface area (Å²) in [6.45, 7) is 1.90. The molecule has 0 spiro atoms. The Bertz CT molecular complexity index is 550. The summed E-state index contributed by atoms with van der Waals surface area (Å²) in [5, 5.41) is 36.9. The molecule has 4 atom stereocenters. The Morgan fingerprint density at radius 3 is 2.17 bits per heavy atom. The first-order valence-corrected chi connectivity index (χ1v) is 7.79. The molecule has 24 heavy (non-hydrogen) atoms. The van der Waals surface area contributed by atoms with E-state index in [4.69, 9.17) is 5.11 Å². The maximum atomic E-state index is 11.5. The second kappa shape index (κ2) is 8.47. The first-order chi connectivity index (χ1) is 11.2. The van der Waals surface area contributed by atoms with Crippen molar-refractivity contribution in [3.63, 3.8) is 0 Å². The van der Waals surface area contributed by atoms with Crippen molar-refractivity contribution in [1.82, 2.24) is 0 Å². The third-order valence-corrected chi connectivity index (χ3v) is 4.39. The van der Waals surface area contributed by atoms with E-state index in [1.165, 1.54) is 6.08 Å². The number of allylic oxidation sites excluding steroid dienone is 1. The van der Waals surface area contributed by atoms with Crippen LogP contribution < -0.4 is 0 Å². The normalized spacial score (nSPS) is 24.7. The van der Waals surface area contributed by atoms with Crippen molar-refractivity contribution in [2.24, 2.45) is 23.7 Å². The molecule has 1 aliphatic rings. The molecule has 0 saturated carbocycles. The fraction of sp³-hybridized carbons (Fsp3) is 0.625. The van der Waals surface area contributed by atoms with Gasteiger partial charge in [0, 0.05) is 0 Å². The molecule has 0 radical (unpaired) electrons. The molecule has 1 aliphatic carbocycles. The highest BCUT2D eigenvalue weighted by Crippen LogP contribution is 2.40. The molecule has 0 aromatic rings. The van der Waals surface area contributed by atoms with Gasteiger partial charge in [0.05, 0.1) is 24.2 Å². The minimum atomic E-state index is -1.33. The molecule has 0 bridgehead atoms. The van der Waals surface area contributed by atoms with Gasteiger partial charge >= 0.3 is 23.9 Å². The molecule has 4 N–H and O–H groups in total. The van der Waals surface area contributed by atoms with Crippen LogP contribution in [0.5, 0.6) is 0 Å². The second-order valence-electron chi connectivity index (χ2n) is 6.05. The predicted molar refractivity (Wildman–Crippen MR) is 81.3 cm³/mol. The van der Waals surface area contributed by atoms with E-state index in [9.17, 15) is 34.5 Å². The van der Waals surface area contributed by atoms with Gasteiger partial charge in [-0.1, -0.05) is 25.0 Å². The Hall–Kier alpha value is -2.38. The largest absolute Gasteiger partial charge is 0.481 e. The molecule has 0 amide bonds. The summed E-state index contributed by atoms with van der Waals surface area (Å²) in [5.74, 6) is -9.76. The van der Waals surface area contributed by atoms with Crippen LogP contribution in [0.25, 0.3) is 0 Å². The molecule has 8 nitrogen and oxygen atoms in total. The Morgan fingerprint density at radius 1 is 1.12 bits per heavy atom. The zero-order valence-electron chi connectivity index (χ0n) is 13.3. The fourth-order valence-corrected chi connectivity index (χ4v) is 3.22. The molecule has 0 aliphatic heterocycles. The van der Waals surface area contributed by atoms with Crippen molar-refractivity contribution in [3.05, 3.63) is 11.6 Å². The van der Waals surface area contributed by atoms with Crippen LogP contribution in [0.1, 0.15) is 39.0 Å². The fourth-order valence-electron chi connectivity index (χ4n) is 3.22. The third kappa shape index (κ3) is 4.81. The summed E-state index contributed by atoms with van der Waals surface area (Å²) in [6.07, 6.45) is 2.41. The van der Waals surface area contributed by atoms with Gasteiger partial charge in [-0.15, -0.1) is 0 Å². The highest BCUT2D eigenvalue weighted by molar-refractivity contribution is 5.84. The quantitative estimate of drug-likeness (QED) is 0.462. The minimum absolute atomic E-state index is 0.202. The molecule has 0 heterocycles. The monoisotopic (exact) mass is 342 g/mol. The maximum Gasteiger partial charge on any atom is 0.311 e. The van der Waals surface area contributed by atoms with E-state index < -0.39 is 54.0 Å². The Kier molecular flexibility index (Phi) is 6.94. The topological polar surface area (TPSA) is 149 Å². The average molecular weight is 342 g/mol. The summed E-state index contributed by atoms with van der Waals surface area (Å²) >= 11 is 0. The number of hydrogen-bond donors (Lipinski definition) is 4. The summed E-state index contributed by atoms with van der Waals surface area (Å²) in [5.41, 5.74) is 0.379. The van der Waals surface area contributed by atoms with Crippen molar-refractivity contribution in [2.45, 2.75) is 39.0 Å². The van der Waals surface area contributed by atoms with Crippen molar-refractivity contribution in [2.75, 3.05) is 0 Å². The molecule has 0 aromatic heterocycles. The average Bonchev–Trinajstić information content (AvgIpc) is 2.48. The van der Waals surface area contributed by atoms with E-state index in [2.05, 4.69) is 0 Å². The summed E-state index contributed by atoms with van der Waals surface area (Å²) in [4.78, 5) is 45.3. The molecule has 0 fully saturated rings. The zero-order valence-corrected chi connectivity index (χ0v) is 13.3. The summed E-state index contributed by atoms with van der Waals surface area (Å²) in [6, 6.07) is 0. The van der Waals surface area contributed by atoms with E-state index in [1.54, 1.807) is 0 Å². The molecule has 134 valence electrons. The van der Waals surface area contributed by atoms with Gasteiger partial charge in [0.25, 0.3) is 0 Å². The van der Waals surface area contributed by atoms with Crippen LogP contribution >= 0.6 is 0 Å².